The minimum atomic E-state index is -0.412. The van der Waals surface area contributed by atoms with E-state index in [0.717, 1.165) is 10.9 Å². The largest absolute Gasteiger partial charge is 0.460 e. The van der Waals surface area contributed by atoms with Gasteiger partial charge in [0, 0.05) is 4.47 Å². The smallest absolute Gasteiger partial charge is 0.306 e. The predicted molar refractivity (Wildman–Crippen MR) is 82.1 cm³/mol. The molecule has 0 bridgehead atoms. The Morgan fingerprint density at radius 1 is 1.11 bits per heavy atom. The molecule has 1 aromatic rings. The van der Waals surface area contributed by atoms with E-state index in [9.17, 15) is 4.79 Å². The van der Waals surface area contributed by atoms with Gasteiger partial charge in [-0.25, -0.2) is 0 Å². The van der Waals surface area contributed by atoms with Crippen molar-refractivity contribution in [3.63, 3.8) is 0 Å². The number of ether oxygens (including phenoxy) is 1. The number of carbonyl (C=O) groups is 1. The molecule has 0 saturated carbocycles. The Kier molecular flexibility index (Phi) is 5.19. The fourth-order valence-corrected chi connectivity index (χ4v) is 2.25. The van der Waals surface area contributed by atoms with Crippen LogP contribution in [0.2, 0.25) is 0 Å². The van der Waals surface area contributed by atoms with Crippen molar-refractivity contribution in [3.05, 3.63) is 34.3 Å². The zero-order valence-corrected chi connectivity index (χ0v) is 14.0. The molecule has 0 spiro atoms. The molecule has 0 atom stereocenters. The van der Waals surface area contributed by atoms with Crippen LogP contribution in [-0.2, 0) is 16.0 Å². The molecular formula is C16H23BrO2. The van der Waals surface area contributed by atoms with Crippen molar-refractivity contribution in [1.29, 1.82) is 0 Å². The van der Waals surface area contributed by atoms with Crippen molar-refractivity contribution in [2.45, 2.75) is 53.1 Å². The van der Waals surface area contributed by atoms with E-state index in [1.807, 2.05) is 32.9 Å². The van der Waals surface area contributed by atoms with Crippen LogP contribution in [-0.4, -0.2) is 11.6 Å². The summed E-state index contributed by atoms with van der Waals surface area (Å²) in [6.45, 7) is 9.88. The second-order valence-corrected chi connectivity index (χ2v) is 7.65. The Morgan fingerprint density at radius 3 is 2.11 bits per heavy atom. The van der Waals surface area contributed by atoms with Gasteiger partial charge in [0.2, 0.25) is 0 Å². The molecule has 19 heavy (non-hydrogen) atoms. The molecule has 0 aliphatic carbocycles. The summed E-state index contributed by atoms with van der Waals surface area (Å²) in [4.78, 5) is 11.9. The molecule has 0 aromatic heterocycles. The number of rotatable bonds is 4. The molecule has 0 amide bonds. The van der Waals surface area contributed by atoms with E-state index in [1.165, 1.54) is 5.56 Å². The molecule has 0 aliphatic rings. The molecule has 1 aromatic carbocycles. The van der Waals surface area contributed by atoms with Gasteiger partial charge < -0.3 is 4.74 Å². The van der Waals surface area contributed by atoms with Gasteiger partial charge in [0.15, 0.2) is 0 Å². The molecule has 0 saturated heterocycles. The highest BCUT2D eigenvalue weighted by Crippen LogP contribution is 2.28. The number of carbonyl (C=O) groups excluding carboxylic acids is 1. The number of hydrogen-bond acceptors (Lipinski definition) is 2. The summed E-state index contributed by atoms with van der Waals surface area (Å²) < 4.78 is 6.45. The molecule has 2 nitrogen and oxygen atoms in total. The lowest BCUT2D eigenvalue weighted by Crippen LogP contribution is -2.28. The highest BCUT2D eigenvalue weighted by Gasteiger charge is 2.26. The van der Waals surface area contributed by atoms with Crippen molar-refractivity contribution >= 4 is 21.9 Å². The van der Waals surface area contributed by atoms with Gasteiger partial charge in [0.1, 0.15) is 5.60 Å². The number of hydrogen-bond donors (Lipinski definition) is 0. The molecule has 3 heteroatoms. The maximum absolute atomic E-state index is 11.9. The van der Waals surface area contributed by atoms with E-state index >= 15 is 0 Å². The third kappa shape index (κ3) is 6.76. The lowest BCUT2D eigenvalue weighted by Gasteiger charge is -2.26. The monoisotopic (exact) mass is 326 g/mol. The van der Waals surface area contributed by atoms with Crippen LogP contribution >= 0.6 is 15.9 Å². The van der Waals surface area contributed by atoms with Crippen LogP contribution in [0, 0.1) is 5.41 Å². The van der Waals surface area contributed by atoms with Crippen LogP contribution < -0.4 is 0 Å². The quantitative estimate of drug-likeness (QED) is 0.746. The van der Waals surface area contributed by atoms with Crippen LogP contribution in [0.25, 0.3) is 0 Å². The third-order valence-electron chi connectivity index (χ3n) is 2.64. The van der Waals surface area contributed by atoms with Gasteiger partial charge in [-0.1, -0.05) is 41.9 Å². The van der Waals surface area contributed by atoms with E-state index in [4.69, 9.17) is 4.74 Å². The van der Waals surface area contributed by atoms with Gasteiger partial charge in [0.25, 0.3) is 0 Å². The SMILES string of the molecule is CC(C)(CC(=O)OC(C)(C)C)Cc1ccc(Br)cc1. The third-order valence-corrected chi connectivity index (χ3v) is 3.17. The van der Waals surface area contributed by atoms with Crippen molar-refractivity contribution < 1.29 is 9.53 Å². The molecule has 106 valence electrons. The minimum absolute atomic E-state index is 0.101. The van der Waals surface area contributed by atoms with Gasteiger partial charge in [-0.05, 0) is 50.3 Å². The Bertz CT molecular complexity index is 427. The second kappa shape index (κ2) is 6.08. The van der Waals surface area contributed by atoms with Crippen LogP contribution in [0.3, 0.4) is 0 Å². The first-order valence-corrected chi connectivity index (χ1v) is 7.33. The van der Waals surface area contributed by atoms with Gasteiger partial charge in [-0.2, -0.15) is 0 Å². The first-order valence-electron chi connectivity index (χ1n) is 6.54. The summed E-state index contributed by atoms with van der Waals surface area (Å²) >= 11 is 3.42. The van der Waals surface area contributed by atoms with E-state index in [2.05, 4.69) is 41.9 Å². The normalized spacial score (nSPS) is 12.3. The Balaban J connectivity index is 2.61. The molecule has 0 unspecified atom stereocenters. The Morgan fingerprint density at radius 2 is 1.63 bits per heavy atom. The van der Waals surface area contributed by atoms with Crippen molar-refractivity contribution in [1.82, 2.24) is 0 Å². The maximum Gasteiger partial charge on any atom is 0.306 e. The summed E-state index contributed by atoms with van der Waals surface area (Å²) in [5, 5.41) is 0. The van der Waals surface area contributed by atoms with Crippen LogP contribution in [0.1, 0.15) is 46.6 Å². The van der Waals surface area contributed by atoms with Crippen LogP contribution in [0.15, 0.2) is 28.7 Å². The average Bonchev–Trinajstić information content (AvgIpc) is 2.17. The van der Waals surface area contributed by atoms with Gasteiger partial charge in [0.05, 0.1) is 6.42 Å². The van der Waals surface area contributed by atoms with Crippen LogP contribution in [0.4, 0.5) is 0 Å². The lowest BCUT2D eigenvalue weighted by molar-refractivity contribution is -0.157. The molecule has 0 heterocycles. The van der Waals surface area contributed by atoms with Gasteiger partial charge >= 0.3 is 5.97 Å². The Hall–Kier alpha value is -0.830. The first-order chi connectivity index (χ1) is 8.57. The summed E-state index contributed by atoms with van der Waals surface area (Å²) in [6, 6.07) is 8.22. The number of esters is 1. The zero-order chi connectivity index (χ0) is 14.7. The second-order valence-electron chi connectivity index (χ2n) is 6.73. The van der Waals surface area contributed by atoms with E-state index in [0.29, 0.717) is 6.42 Å². The van der Waals surface area contributed by atoms with Crippen molar-refractivity contribution in [3.8, 4) is 0 Å². The molecule has 0 N–H and O–H groups in total. The van der Waals surface area contributed by atoms with Crippen molar-refractivity contribution in [2.75, 3.05) is 0 Å². The molecule has 0 aliphatic heterocycles. The van der Waals surface area contributed by atoms with Gasteiger partial charge in [-0.15, -0.1) is 0 Å². The molecular weight excluding hydrogens is 304 g/mol. The fraction of sp³-hybridized carbons (Fsp3) is 0.562. The van der Waals surface area contributed by atoms with E-state index in [-0.39, 0.29) is 11.4 Å². The standard InChI is InChI=1S/C16H23BrO2/c1-15(2,3)19-14(18)11-16(4,5)10-12-6-8-13(17)9-7-12/h6-9H,10-11H2,1-5H3. The highest BCUT2D eigenvalue weighted by molar-refractivity contribution is 9.10. The molecule has 0 fully saturated rings. The summed E-state index contributed by atoms with van der Waals surface area (Å²) in [6.07, 6.45) is 1.29. The topological polar surface area (TPSA) is 26.3 Å². The maximum atomic E-state index is 11.9. The fourth-order valence-electron chi connectivity index (χ4n) is 1.99. The van der Waals surface area contributed by atoms with Crippen molar-refractivity contribution in [2.24, 2.45) is 5.41 Å². The lowest BCUT2D eigenvalue weighted by atomic mass is 9.83. The van der Waals surface area contributed by atoms with Crippen LogP contribution in [0.5, 0.6) is 0 Å². The summed E-state index contributed by atoms with van der Waals surface area (Å²) in [7, 11) is 0. The molecule has 1 rings (SSSR count). The van der Waals surface area contributed by atoms with E-state index in [1.54, 1.807) is 0 Å². The zero-order valence-electron chi connectivity index (χ0n) is 12.4. The average molecular weight is 327 g/mol. The Labute approximate surface area is 124 Å². The van der Waals surface area contributed by atoms with E-state index < -0.39 is 5.60 Å². The molecule has 0 radical (unpaired) electrons. The van der Waals surface area contributed by atoms with Gasteiger partial charge in [-0.3, -0.25) is 4.79 Å². The highest BCUT2D eigenvalue weighted by atomic mass is 79.9. The number of halogens is 1. The number of benzene rings is 1. The summed E-state index contributed by atoms with van der Waals surface area (Å²) in [5.41, 5.74) is 0.720. The summed E-state index contributed by atoms with van der Waals surface area (Å²) in [5.74, 6) is -0.130. The predicted octanol–water partition coefficient (Wildman–Crippen LogP) is 4.75. The minimum Gasteiger partial charge on any atom is -0.460 e. The first kappa shape index (κ1) is 16.2.